The van der Waals surface area contributed by atoms with Crippen molar-refractivity contribution < 1.29 is 29.4 Å². The number of hydrogen-bond acceptors (Lipinski definition) is 6. The van der Waals surface area contributed by atoms with Crippen LogP contribution in [0.2, 0.25) is 0 Å². The number of nitrogens with zero attached hydrogens (tertiary/aromatic N) is 2. The Morgan fingerprint density at radius 1 is 0.950 bits per heavy atom. The van der Waals surface area contributed by atoms with Gasteiger partial charge < -0.3 is 10.2 Å². The van der Waals surface area contributed by atoms with Crippen LogP contribution >= 0.6 is 23.2 Å². The van der Waals surface area contributed by atoms with Gasteiger partial charge in [-0.05, 0) is 67.0 Å². The zero-order valence-electron chi connectivity index (χ0n) is 21.9. The molecule has 6 unspecified atom stereocenters. The Hall–Kier alpha value is -3.36. The van der Waals surface area contributed by atoms with Crippen LogP contribution in [0.3, 0.4) is 0 Å². The van der Waals surface area contributed by atoms with E-state index in [1.807, 2.05) is 6.08 Å². The molecule has 6 rings (SSSR count). The molecule has 8 nitrogen and oxygen atoms in total. The van der Waals surface area contributed by atoms with E-state index in [2.05, 4.69) is 0 Å². The van der Waals surface area contributed by atoms with Gasteiger partial charge in [0.25, 0.3) is 11.8 Å². The summed E-state index contributed by atoms with van der Waals surface area (Å²) in [6.45, 7) is 1.90. The number of phenols is 2. The Labute approximate surface area is 241 Å². The Balaban J connectivity index is 1.41. The predicted molar refractivity (Wildman–Crippen MR) is 147 cm³/mol. The predicted octanol–water partition coefficient (Wildman–Crippen LogP) is 3.64. The molecule has 40 heavy (non-hydrogen) atoms. The van der Waals surface area contributed by atoms with Crippen LogP contribution in [-0.2, 0) is 25.6 Å². The molecular weight excluding hydrogens is 555 g/mol. The Bertz CT molecular complexity index is 1510. The van der Waals surface area contributed by atoms with Gasteiger partial charge >= 0.3 is 0 Å². The van der Waals surface area contributed by atoms with E-state index in [1.54, 1.807) is 43.3 Å². The molecule has 6 atom stereocenters. The molecule has 3 fully saturated rings. The zero-order valence-corrected chi connectivity index (χ0v) is 23.4. The van der Waals surface area contributed by atoms with Crippen LogP contribution in [0.5, 0.6) is 11.5 Å². The lowest BCUT2D eigenvalue weighted by atomic mass is 9.56. The molecule has 208 valence electrons. The highest BCUT2D eigenvalue weighted by Crippen LogP contribution is 2.65. The number of amides is 4. The minimum atomic E-state index is -1.84. The number of allylic oxidation sites excluding steroid dienone is 2. The van der Waals surface area contributed by atoms with E-state index in [-0.39, 0.29) is 36.3 Å². The Kier molecular flexibility index (Phi) is 6.09. The van der Waals surface area contributed by atoms with Crippen molar-refractivity contribution in [3.63, 3.8) is 0 Å². The summed E-state index contributed by atoms with van der Waals surface area (Å²) in [5.41, 5.74) is 2.75. The molecule has 2 saturated heterocycles. The summed E-state index contributed by atoms with van der Waals surface area (Å²) in [5, 5.41) is 19.7. The van der Waals surface area contributed by atoms with E-state index in [1.165, 1.54) is 18.0 Å². The standard InChI is InChI=1S/C30H28Cl2N2O6/c1-15-13-17(5-10-22(15)36)24-19-8-9-20-23(21(19)14-29(31)27(39)33(2)28(40)30(24,29)32)26(38)34(25(20)37)12-11-16-3-6-18(35)7-4-16/h3-8,10,13,20-21,23-24,35-36H,9,11-12,14H2,1-2H3. The number of alkyl halides is 2. The molecule has 2 aliphatic carbocycles. The van der Waals surface area contributed by atoms with Crippen LogP contribution in [0.4, 0.5) is 0 Å². The van der Waals surface area contributed by atoms with Crippen LogP contribution in [-0.4, -0.2) is 67.0 Å². The van der Waals surface area contributed by atoms with E-state index in [0.29, 0.717) is 24.0 Å². The quantitative estimate of drug-likeness (QED) is 0.323. The van der Waals surface area contributed by atoms with Gasteiger partial charge in [-0.15, -0.1) is 23.2 Å². The first-order chi connectivity index (χ1) is 18.9. The minimum absolute atomic E-state index is 0.0572. The van der Waals surface area contributed by atoms with Crippen LogP contribution in [0, 0.1) is 24.7 Å². The molecule has 2 aliphatic heterocycles. The number of carbonyl (C=O) groups excluding carboxylic acids is 4. The molecule has 0 bridgehead atoms. The van der Waals surface area contributed by atoms with E-state index in [0.717, 1.165) is 16.0 Å². The molecule has 4 aliphatic rings. The van der Waals surface area contributed by atoms with Crippen molar-refractivity contribution in [1.29, 1.82) is 0 Å². The van der Waals surface area contributed by atoms with Gasteiger partial charge in [0, 0.05) is 19.5 Å². The average Bonchev–Trinajstić information content (AvgIpc) is 3.24. The first-order valence-corrected chi connectivity index (χ1v) is 14.0. The number of phenolic OH excluding ortho intramolecular Hbond substituents is 2. The lowest BCUT2D eigenvalue weighted by Crippen LogP contribution is -2.60. The maximum absolute atomic E-state index is 13.9. The zero-order chi connectivity index (χ0) is 28.7. The lowest BCUT2D eigenvalue weighted by Gasteiger charge is -2.50. The van der Waals surface area contributed by atoms with Crippen LogP contribution < -0.4 is 0 Å². The maximum atomic E-state index is 13.9. The summed E-state index contributed by atoms with van der Waals surface area (Å²) in [6, 6.07) is 11.5. The number of aryl methyl sites for hydroxylation is 1. The maximum Gasteiger partial charge on any atom is 0.253 e. The van der Waals surface area contributed by atoms with Crippen molar-refractivity contribution in [1.82, 2.24) is 9.80 Å². The van der Waals surface area contributed by atoms with Crippen molar-refractivity contribution in [2.24, 2.45) is 17.8 Å². The molecule has 0 spiro atoms. The number of halogens is 2. The van der Waals surface area contributed by atoms with E-state index in [9.17, 15) is 29.4 Å². The average molecular weight is 583 g/mol. The normalized spacial score (nSPS) is 33.1. The number of likely N-dealkylation sites (tertiary alicyclic amines) is 2. The van der Waals surface area contributed by atoms with Gasteiger partial charge in [0.05, 0.1) is 11.8 Å². The molecule has 0 aromatic heterocycles. The van der Waals surface area contributed by atoms with Crippen molar-refractivity contribution in [2.45, 2.75) is 41.9 Å². The van der Waals surface area contributed by atoms with Crippen LogP contribution in [0.25, 0.3) is 0 Å². The first kappa shape index (κ1) is 26.8. The second-order valence-electron chi connectivity index (χ2n) is 11.3. The third-order valence-electron chi connectivity index (χ3n) is 9.22. The molecule has 4 amide bonds. The highest BCUT2D eigenvalue weighted by Gasteiger charge is 2.75. The number of aromatic hydroxyl groups is 2. The van der Waals surface area contributed by atoms with E-state index < -0.39 is 45.2 Å². The largest absolute Gasteiger partial charge is 0.508 e. The SMILES string of the molecule is Cc1cc(C2C3=CCC4C(=O)N(CCc5ccc(O)cc5)C(=O)C4C3CC3(Cl)C(=O)N(C)C(=O)C23Cl)ccc1O. The highest BCUT2D eigenvalue weighted by molar-refractivity contribution is 6.53. The molecule has 1 saturated carbocycles. The Morgan fingerprint density at radius 3 is 2.33 bits per heavy atom. The van der Waals surface area contributed by atoms with Gasteiger partial charge in [-0.2, -0.15) is 0 Å². The van der Waals surface area contributed by atoms with E-state index in [4.69, 9.17) is 23.2 Å². The second kappa shape index (κ2) is 9.08. The molecule has 2 N–H and O–H groups in total. The molecule has 0 radical (unpaired) electrons. The number of hydrogen-bond donors (Lipinski definition) is 2. The van der Waals surface area contributed by atoms with Crippen molar-refractivity contribution in [3.8, 4) is 11.5 Å². The summed E-state index contributed by atoms with van der Waals surface area (Å²) in [7, 11) is 1.35. The number of benzene rings is 2. The van der Waals surface area contributed by atoms with Crippen molar-refractivity contribution >= 4 is 46.8 Å². The van der Waals surface area contributed by atoms with Gasteiger partial charge in [-0.1, -0.05) is 35.9 Å². The molecule has 2 aromatic rings. The molecule has 10 heteroatoms. The van der Waals surface area contributed by atoms with Gasteiger partial charge in [0.1, 0.15) is 11.5 Å². The van der Waals surface area contributed by atoms with Gasteiger partial charge in [-0.25, -0.2) is 0 Å². The fourth-order valence-electron chi connectivity index (χ4n) is 7.17. The molecule has 2 heterocycles. The lowest BCUT2D eigenvalue weighted by molar-refractivity contribution is -0.141. The van der Waals surface area contributed by atoms with E-state index >= 15 is 0 Å². The number of carbonyl (C=O) groups is 4. The van der Waals surface area contributed by atoms with Crippen molar-refractivity contribution in [3.05, 3.63) is 70.8 Å². The summed E-state index contributed by atoms with van der Waals surface area (Å²) in [5.74, 6) is -4.39. The second-order valence-corrected chi connectivity index (χ2v) is 12.5. The third kappa shape index (κ3) is 3.51. The highest BCUT2D eigenvalue weighted by atomic mass is 35.5. The summed E-state index contributed by atoms with van der Waals surface area (Å²) < 4.78 is 0. The van der Waals surface area contributed by atoms with Crippen LogP contribution in [0.15, 0.2) is 54.1 Å². The molecule has 2 aromatic carbocycles. The van der Waals surface area contributed by atoms with Gasteiger partial charge in [-0.3, -0.25) is 29.0 Å². The third-order valence-corrected chi connectivity index (χ3v) is 10.6. The number of rotatable bonds is 4. The fourth-order valence-corrected chi connectivity index (χ4v) is 8.18. The molecular formula is C30H28Cl2N2O6. The summed E-state index contributed by atoms with van der Waals surface area (Å²) in [4.78, 5) is 53.0. The summed E-state index contributed by atoms with van der Waals surface area (Å²) >= 11 is 14.3. The summed E-state index contributed by atoms with van der Waals surface area (Å²) in [6.07, 6.45) is 2.56. The monoisotopic (exact) mass is 582 g/mol. The number of fused-ring (bicyclic) bond motifs is 4. The van der Waals surface area contributed by atoms with Crippen molar-refractivity contribution in [2.75, 3.05) is 13.6 Å². The number of imide groups is 2. The first-order valence-electron chi connectivity index (χ1n) is 13.2. The topological polar surface area (TPSA) is 115 Å². The Morgan fingerprint density at radius 2 is 1.65 bits per heavy atom. The van der Waals surface area contributed by atoms with Gasteiger partial charge in [0.15, 0.2) is 9.75 Å². The minimum Gasteiger partial charge on any atom is -0.508 e. The fraction of sp³-hybridized carbons (Fsp3) is 0.400. The van der Waals surface area contributed by atoms with Gasteiger partial charge in [0.2, 0.25) is 11.8 Å². The van der Waals surface area contributed by atoms with Crippen LogP contribution in [0.1, 0.15) is 35.4 Å². The smallest absolute Gasteiger partial charge is 0.253 e.